The molecule has 0 bridgehead atoms. The van der Waals surface area contributed by atoms with Gasteiger partial charge in [-0.15, -0.1) is 0 Å². The molecule has 1 saturated carbocycles. The van der Waals surface area contributed by atoms with E-state index in [0.29, 0.717) is 6.42 Å². The molecular weight excluding hydrogens is 308 g/mol. The fraction of sp³-hybridized carbons (Fsp3) is 0.632. The second-order valence-electron chi connectivity index (χ2n) is 7.69. The van der Waals surface area contributed by atoms with Crippen molar-refractivity contribution < 1.29 is 23.9 Å². The van der Waals surface area contributed by atoms with Crippen LogP contribution in [-0.2, 0) is 23.9 Å². The quantitative estimate of drug-likeness (QED) is 0.574. The van der Waals surface area contributed by atoms with Crippen molar-refractivity contribution in [3.63, 3.8) is 0 Å². The van der Waals surface area contributed by atoms with Crippen molar-refractivity contribution in [2.45, 2.75) is 46.3 Å². The van der Waals surface area contributed by atoms with Crippen LogP contribution in [0.1, 0.15) is 34.1 Å². The molecule has 0 aromatic carbocycles. The van der Waals surface area contributed by atoms with Gasteiger partial charge < -0.3 is 9.47 Å². The van der Waals surface area contributed by atoms with Crippen LogP contribution < -0.4 is 0 Å². The summed E-state index contributed by atoms with van der Waals surface area (Å²) in [6.07, 6.45) is 3.15. The van der Waals surface area contributed by atoms with E-state index >= 15 is 0 Å². The molecule has 130 valence electrons. The first-order valence-electron chi connectivity index (χ1n) is 8.47. The Bertz CT molecular complexity index is 648. The van der Waals surface area contributed by atoms with Crippen molar-refractivity contribution in [1.29, 1.82) is 0 Å². The minimum Gasteiger partial charge on any atom is -0.462 e. The Kier molecular flexibility index (Phi) is 3.93. The van der Waals surface area contributed by atoms with E-state index in [2.05, 4.69) is 13.5 Å². The van der Waals surface area contributed by atoms with Gasteiger partial charge in [0.1, 0.15) is 12.2 Å². The van der Waals surface area contributed by atoms with E-state index in [1.807, 2.05) is 13.0 Å². The number of fused-ring (bicyclic) bond motifs is 2. The summed E-state index contributed by atoms with van der Waals surface area (Å²) in [5.41, 5.74) is -0.591. The molecule has 5 heteroatoms. The van der Waals surface area contributed by atoms with Crippen LogP contribution in [-0.4, -0.2) is 29.9 Å². The number of esters is 2. The van der Waals surface area contributed by atoms with Crippen LogP contribution >= 0.6 is 0 Å². The Balaban J connectivity index is 2.09. The number of carbonyl (C=O) groups is 3. The van der Waals surface area contributed by atoms with Gasteiger partial charge in [0.25, 0.3) is 0 Å². The van der Waals surface area contributed by atoms with Crippen LogP contribution in [0.5, 0.6) is 0 Å². The third-order valence-corrected chi connectivity index (χ3v) is 6.06. The number of ether oxygens (including phenoxy) is 2. The maximum absolute atomic E-state index is 12.7. The normalized spacial score (nSPS) is 43.7. The second kappa shape index (κ2) is 5.57. The summed E-state index contributed by atoms with van der Waals surface area (Å²) in [7, 11) is 0. The number of rotatable bonds is 2. The lowest BCUT2D eigenvalue weighted by Crippen LogP contribution is -2.50. The molecule has 5 nitrogen and oxygen atoms in total. The molecular formula is C19H24O5. The molecule has 24 heavy (non-hydrogen) atoms. The van der Waals surface area contributed by atoms with Gasteiger partial charge in [0.2, 0.25) is 0 Å². The van der Waals surface area contributed by atoms with Crippen LogP contribution in [0.4, 0.5) is 0 Å². The predicted octanol–water partition coefficient (Wildman–Crippen LogP) is 2.45. The maximum atomic E-state index is 12.7. The summed E-state index contributed by atoms with van der Waals surface area (Å²) in [6, 6.07) is 0. The van der Waals surface area contributed by atoms with Crippen LogP contribution in [0.15, 0.2) is 24.3 Å². The summed E-state index contributed by atoms with van der Waals surface area (Å²) in [6.45, 7) is 10.9. The van der Waals surface area contributed by atoms with Gasteiger partial charge in [-0.05, 0) is 38.2 Å². The fourth-order valence-electron chi connectivity index (χ4n) is 4.65. The van der Waals surface area contributed by atoms with Gasteiger partial charge in [0.15, 0.2) is 5.78 Å². The van der Waals surface area contributed by atoms with E-state index in [1.165, 1.54) is 0 Å². The van der Waals surface area contributed by atoms with E-state index in [1.54, 1.807) is 19.9 Å². The first kappa shape index (κ1) is 16.9. The number of hydrogen-bond acceptors (Lipinski definition) is 5. The Labute approximate surface area is 142 Å². The first-order valence-corrected chi connectivity index (χ1v) is 8.47. The molecule has 1 saturated heterocycles. The highest BCUT2D eigenvalue weighted by Crippen LogP contribution is 2.54. The highest BCUT2D eigenvalue weighted by molar-refractivity contribution is 5.99. The zero-order chi connectivity index (χ0) is 17.8. The molecule has 0 radical (unpaired) electrons. The van der Waals surface area contributed by atoms with Gasteiger partial charge in [-0.25, -0.2) is 4.79 Å². The largest absolute Gasteiger partial charge is 0.462 e. The maximum Gasteiger partial charge on any atom is 0.333 e. The topological polar surface area (TPSA) is 69.7 Å². The zero-order valence-electron chi connectivity index (χ0n) is 14.6. The van der Waals surface area contributed by atoms with Gasteiger partial charge in [0, 0.05) is 11.5 Å². The van der Waals surface area contributed by atoms with Gasteiger partial charge >= 0.3 is 11.9 Å². The first-order chi connectivity index (χ1) is 11.2. The smallest absolute Gasteiger partial charge is 0.333 e. The average molecular weight is 332 g/mol. The number of allylic oxidation sites excluding steroid dienone is 2. The van der Waals surface area contributed by atoms with Gasteiger partial charge in [0.05, 0.1) is 11.3 Å². The molecule has 0 aromatic rings. The van der Waals surface area contributed by atoms with Crippen LogP contribution in [0, 0.1) is 29.1 Å². The summed E-state index contributed by atoms with van der Waals surface area (Å²) >= 11 is 0. The molecule has 7 atom stereocenters. The van der Waals surface area contributed by atoms with Crippen molar-refractivity contribution in [2.24, 2.45) is 29.1 Å². The molecule has 0 spiro atoms. The number of hydrogen-bond donors (Lipinski definition) is 0. The van der Waals surface area contributed by atoms with Crippen molar-refractivity contribution >= 4 is 17.7 Å². The average Bonchev–Trinajstić information content (AvgIpc) is 2.92. The number of ketones is 1. The highest BCUT2D eigenvalue weighted by atomic mass is 16.6. The van der Waals surface area contributed by atoms with Crippen LogP contribution in [0.3, 0.4) is 0 Å². The van der Waals surface area contributed by atoms with Crippen molar-refractivity contribution in [1.82, 2.24) is 0 Å². The standard InChI is InChI=1S/C19H24O5/c1-9(2)17(21)24-16-15-11(4)18(22)23-13(15)8-10(3)12-6-7-14(20)19(12,16)5/h6-7,10-13,15-16H,1,8H2,2-5H3/t10-,11+,12+,13-,15-,16+,19+/m0/s1. The van der Waals surface area contributed by atoms with E-state index in [9.17, 15) is 14.4 Å². The lowest BCUT2D eigenvalue weighted by atomic mass is 9.66. The summed E-state index contributed by atoms with van der Waals surface area (Å²) in [5, 5.41) is 0. The molecule has 1 aliphatic heterocycles. The fourth-order valence-corrected chi connectivity index (χ4v) is 4.65. The second-order valence-corrected chi connectivity index (χ2v) is 7.69. The SMILES string of the molecule is C=C(C)C(=O)O[C@@H]1[C@@H]2[C@H](C[C@H](C)[C@H]3C=CC(=O)[C@@]31C)OC(=O)[C@@H]2C. The van der Waals surface area contributed by atoms with Crippen molar-refractivity contribution in [2.75, 3.05) is 0 Å². The van der Waals surface area contributed by atoms with Gasteiger partial charge in [-0.1, -0.05) is 26.5 Å². The molecule has 0 aromatic heterocycles. The van der Waals surface area contributed by atoms with Crippen LogP contribution in [0.2, 0.25) is 0 Å². The Hall–Kier alpha value is -1.91. The Morgan fingerprint density at radius 2 is 2.04 bits per heavy atom. The Morgan fingerprint density at radius 1 is 1.38 bits per heavy atom. The third-order valence-electron chi connectivity index (χ3n) is 6.06. The third kappa shape index (κ3) is 2.25. The highest BCUT2D eigenvalue weighted by Gasteiger charge is 2.62. The molecule has 0 unspecified atom stereocenters. The van der Waals surface area contributed by atoms with Gasteiger partial charge in [-0.2, -0.15) is 0 Å². The monoisotopic (exact) mass is 332 g/mol. The predicted molar refractivity (Wildman–Crippen MR) is 86.8 cm³/mol. The van der Waals surface area contributed by atoms with E-state index in [4.69, 9.17) is 9.47 Å². The number of carbonyl (C=O) groups excluding carboxylic acids is 3. The van der Waals surface area contributed by atoms with E-state index in [0.717, 1.165) is 0 Å². The lowest BCUT2D eigenvalue weighted by Gasteiger charge is -2.40. The lowest BCUT2D eigenvalue weighted by molar-refractivity contribution is -0.163. The molecule has 2 aliphatic carbocycles. The molecule has 0 N–H and O–H groups in total. The molecule has 3 aliphatic rings. The molecule has 0 amide bonds. The molecule has 2 fully saturated rings. The summed E-state index contributed by atoms with van der Waals surface area (Å²) in [5.74, 6) is -1.47. The van der Waals surface area contributed by atoms with Crippen molar-refractivity contribution in [3.05, 3.63) is 24.3 Å². The Morgan fingerprint density at radius 3 is 2.67 bits per heavy atom. The minimum atomic E-state index is -0.869. The van der Waals surface area contributed by atoms with E-state index < -0.39 is 23.4 Å². The summed E-state index contributed by atoms with van der Waals surface area (Å²) < 4.78 is 11.3. The van der Waals surface area contributed by atoms with Crippen molar-refractivity contribution in [3.8, 4) is 0 Å². The summed E-state index contributed by atoms with van der Waals surface area (Å²) in [4.78, 5) is 37.1. The molecule has 3 rings (SSSR count). The molecule has 1 heterocycles. The van der Waals surface area contributed by atoms with Gasteiger partial charge in [-0.3, -0.25) is 9.59 Å². The minimum absolute atomic E-state index is 0.0376. The van der Waals surface area contributed by atoms with E-state index in [-0.39, 0.29) is 41.2 Å². The van der Waals surface area contributed by atoms with Crippen LogP contribution in [0.25, 0.3) is 0 Å². The zero-order valence-corrected chi connectivity index (χ0v) is 14.6.